The highest BCUT2D eigenvalue weighted by Crippen LogP contribution is 2.41. The fraction of sp³-hybridized carbons (Fsp3) is 0.568. The maximum absolute atomic E-state index is 12.2. The molecule has 0 aliphatic carbocycles. The maximum Gasteiger partial charge on any atom is 0.407 e. The molecule has 2 fully saturated rings. The van der Waals surface area contributed by atoms with Gasteiger partial charge in [-0.05, 0) is 62.6 Å². The first kappa shape index (κ1) is 48.0. The molecule has 3 aliphatic rings. The molecule has 62 heavy (non-hydrogen) atoms. The highest BCUT2D eigenvalue weighted by atomic mass is 35.5. The number of rotatable bonds is 19. The molecular formula is C44H61Cl2N7O9. The highest BCUT2D eigenvalue weighted by molar-refractivity contribution is 6.35. The van der Waals surface area contributed by atoms with Crippen molar-refractivity contribution in [3.63, 3.8) is 0 Å². The fourth-order valence-corrected chi connectivity index (χ4v) is 9.50. The van der Waals surface area contributed by atoms with E-state index in [1.54, 1.807) is 21.1 Å². The number of halogens is 2. The minimum Gasteiger partial charge on any atom is -0.453 e. The average Bonchev–Trinajstić information content (AvgIpc) is 4.08. The van der Waals surface area contributed by atoms with Crippen LogP contribution in [0.1, 0.15) is 63.9 Å². The third-order valence-electron chi connectivity index (χ3n) is 12.6. The lowest BCUT2D eigenvalue weighted by Gasteiger charge is -2.38. The minimum atomic E-state index is -1.29. The third-order valence-corrected chi connectivity index (χ3v) is 13.2. The normalized spacial score (nSPS) is 24.4. The molecule has 18 heteroatoms. The van der Waals surface area contributed by atoms with E-state index in [0.717, 1.165) is 46.4 Å². The van der Waals surface area contributed by atoms with Gasteiger partial charge in [0.2, 0.25) is 6.41 Å². The number of aliphatic hydroxyl groups excluding tert-OH is 3. The van der Waals surface area contributed by atoms with E-state index < -0.39 is 49.3 Å². The van der Waals surface area contributed by atoms with Crippen molar-refractivity contribution >= 4 is 40.6 Å². The van der Waals surface area contributed by atoms with Crippen LogP contribution < -0.4 is 10.6 Å². The number of hydrogen-bond donors (Lipinski definition) is 6. The monoisotopic (exact) mass is 901 g/mol. The number of aliphatic hydroxyl groups is 3. The molecule has 16 nitrogen and oxygen atoms in total. The van der Waals surface area contributed by atoms with E-state index >= 15 is 0 Å². The number of aromatic nitrogens is 2. The summed E-state index contributed by atoms with van der Waals surface area (Å²) < 4.78 is 26.4. The molecule has 340 valence electrons. The summed E-state index contributed by atoms with van der Waals surface area (Å²) in [5.74, 6) is 0.771. The lowest BCUT2D eigenvalue weighted by atomic mass is 9.95. The van der Waals surface area contributed by atoms with Crippen LogP contribution in [-0.4, -0.2) is 151 Å². The predicted molar refractivity (Wildman–Crippen MR) is 237 cm³/mol. The predicted octanol–water partition coefficient (Wildman–Crippen LogP) is 5.32. The summed E-state index contributed by atoms with van der Waals surface area (Å²) >= 11 is 13.6. The van der Waals surface area contributed by atoms with E-state index in [-0.39, 0.29) is 24.0 Å². The van der Waals surface area contributed by atoms with Crippen molar-refractivity contribution in [1.82, 2.24) is 30.4 Å². The van der Waals surface area contributed by atoms with Crippen LogP contribution in [0.15, 0.2) is 58.7 Å². The van der Waals surface area contributed by atoms with Crippen molar-refractivity contribution in [2.75, 3.05) is 48.7 Å². The molecule has 2 aromatic carbocycles. The van der Waals surface area contributed by atoms with Gasteiger partial charge < -0.3 is 49.3 Å². The van der Waals surface area contributed by atoms with Crippen LogP contribution in [0.5, 0.6) is 0 Å². The van der Waals surface area contributed by atoms with Crippen LogP contribution in [-0.2, 0) is 23.7 Å². The summed E-state index contributed by atoms with van der Waals surface area (Å²) in [6, 6.07) is 14.2. The molecule has 0 spiro atoms. The van der Waals surface area contributed by atoms with Crippen LogP contribution >= 0.6 is 23.2 Å². The molecule has 0 saturated carbocycles. The van der Waals surface area contributed by atoms with Crippen molar-refractivity contribution in [3.05, 3.63) is 70.2 Å². The summed E-state index contributed by atoms with van der Waals surface area (Å²) in [5, 5.41) is 40.1. The second-order valence-corrected chi connectivity index (χ2v) is 17.0. The molecule has 6 rings (SSSR count). The molecule has 1 amide bonds. The summed E-state index contributed by atoms with van der Waals surface area (Å²) in [4.78, 5) is 29.1. The summed E-state index contributed by atoms with van der Waals surface area (Å²) in [6.07, 6.45) is -2.26. The number of carbonyl (C=O) groups excluding carboxylic acids is 1. The number of imidazole rings is 1. The Bertz CT molecular complexity index is 2020. The number of methoxy groups -OCH3 is 5. The van der Waals surface area contributed by atoms with Gasteiger partial charge in [-0.1, -0.05) is 71.7 Å². The number of alkyl carbamates (subject to hydrolysis) is 1. The van der Waals surface area contributed by atoms with Crippen LogP contribution in [0, 0.1) is 5.92 Å². The molecule has 0 radical (unpaired) electrons. The topological polar surface area (TPSA) is 195 Å². The number of ether oxygens (including phenoxy) is 5. The number of allylic oxidation sites excluding steroid dienone is 1. The smallest absolute Gasteiger partial charge is 0.407 e. The number of amides is 1. The van der Waals surface area contributed by atoms with E-state index in [1.807, 2.05) is 60.0 Å². The van der Waals surface area contributed by atoms with Crippen LogP contribution in [0.4, 0.5) is 4.79 Å². The van der Waals surface area contributed by atoms with Gasteiger partial charge in [-0.25, -0.2) is 14.8 Å². The van der Waals surface area contributed by atoms with Crippen molar-refractivity contribution in [3.8, 4) is 22.4 Å². The standard InChI is InChI=1S/C44H61Cl2N7O9/c1-23-9-18-33(53(23)42(55)36(25(3)60-6)50-44(57)62-8)40-48-37(39(46)51-40)30-16-12-28(13-17-30)27-10-14-29(15-11-27)31-20-32(47-38(31)45)34-19-26(22-58-4)21-52(34)41(54)35(24(2)59-5)49-43(56)61-7/h10-17,23-26,33-36,41-43,49,54-56H,9,18-22H2,1-8H3,(H,48,51)(H,50,57)/t23-,24+,25+,26-,33-,34-,35-,36-,41?,42?,43?/m0/s1. The van der Waals surface area contributed by atoms with E-state index in [0.29, 0.717) is 47.8 Å². The largest absolute Gasteiger partial charge is 0.453 e. The Kier molecular flexibility index (Phi) is 16.6. The zero-order valence-corrected chi connectivity index (χ0v) is 38.1. The van der Waals surface area contributed by atoms with Crippen molar-refractivity contribution in [2.45, 2.75) is 108 Å². The Morgan fingerprint density at radius 2 is 1.47 bits per heavy atom. The van der Waals surface area contributed by atoms with Crippen LogP contribution in [0.25, 0.3) is 28.0 Å². The van der Waals surface area contributed by atoms with Crippen LogP contribution in [0.2, 0.25) is 5.15 Å². The van der Waals surface area contributed by atoms with Crippen molar-refractivity contribution in [1.29, 1.82) is 0 Å². The van der Waals surface area contributed by atoms with E-state index in [4.69, 9.17) is 56.9 Å². The SMILES string of the molecule is COC[C@H]1C[C@@H](C2=NC(Cl)=C(c3ccc(-c4ccc(-c5nc([C@@H]6CC[C@H](C)N6C(O)[C@@H](NC(=O)OC)[C@@H](C)OC)[nH]c5Cl)cc4)cc3)C2)N(C(O)[C@@H](NC(O)OC)[C@@H](C)OC)C1. The Labute approximate surface area is 373 Å². The molecular weight excluding hydrogens is 841 g/mol. The second kappa shape index (κ2) is 21.5. The molecule has 11 atom stereocenters. The van der Waals surface area contributed by atoms with Gasteiger partial charge in [0.15, 0.2) is 0 Å². The Morgan fingerprint density at radius 3 is 2.06 bits per heavy atom. The van der Waals surface area contributed by atoms with Gasteiger partial charge in [0.05, 0.1) is 50.1 Å². The highest BCUT2D eigenvalue weighted by Gasteiger charge is 2.45. The molecule has 6 N–H and O–H groups in total. The molecule has 4 heterocycles. The van der Waals surface area contributed by atoms with Crippen molar-refractivity contribution in [2.24, 2.45) is 10.9 Å². The van der Waals surface area contributed by atoms with Gasteiger partial charge in [0.25, 0.3) is 0 Å². The molecule has 2 saturated heterocycles. The number of hydrogen-bond acceptors (Lipinski definition) is 14. The van der Waals surface area contributed by atoms with Gasteiger partial charge in [-0.15, -0.1) is 0 Å². The molecule has 3 aliphatic heterocycles. The molecule has 3 unspecified atom stereocenters. The number of nitrogens with zero attached hydrogens (tertiary/aromatic N) is 4. The van der Waals surface area contributed by atoms with Gasteiger partial charge in [-0.3, -0.25) is 15.1 Å². The van der Waals surface area contributed by atoms with Gasteiger partial charge >= 0.3 is 6.09 Å². The average molecular weight is 903 g/mol. The Morgan fingerprint density at radius 1 is 0.855 bits per heavy atom. The summed E-state index contributed by atoms with van der Waals surface area (Å²) in [6.45, 7) is 6.71. The number of likely N-dealkylation sites (tertiary alicyclic amines) is 2. The lowest BCUT2D eigenvalue weighted by molar-refractivity contribution is -0.141. The zero-order valence-electron chi connectivity index (χ0n) is 36.5. The van der Waals surface area contributed by atoms with Gasteiger partial charge in [0, 0.05) is 64.3 Å². The molecule has 1 aromatic heterocycles. The number of aliphatic imine (C=N–C) groups is 1. The molecule has 0 bridgehead atoms. The minimum absolute atomic E-state index is 0.0100. The molecule has 3 aromatic rings. The first-order valence-electron chi connectivity index (χ1n) is 20.9. The summed E-state index contributed by atoms with van der Waals surface area (Å²) in [5.41, 5.74) is 6.13. The number of H-pyrrole nitrogens is 1. The third kappa shape index (κ3) is 10.5. The van der Waals surface area contributed by atoms with Gasteiger partial charge in [0.1, 0.15) is 34.3 Å². The van der Waals surface area contributed by atoms with E-state index in [2.05, 4.69) is 27.8 Å². The fourth-order valence-electron chi connectivity index (χ4n) is 8.97. The Balaban J connectivity index is 1.14. The quantitative estimate of drug-likeness (QED) is 0.0669. The second-order valence-electron chi connectivity index (χ2n) is 16.3. The Hall–Kier alpha value is -3.49. The maximum atomic E-state index is 12.2. The number of aromatic amines is 1. The number of nitrogens with one attached hydrogen (secondary N) is 3. The van der Waals surface area contributed by atoms with Crippen LogP contribution in [0.3, 0.4) is 0 Å². The number of benzene rings is 2. The van der Waals surface area contributed by atoms with Gasteiger partial charge in [-0.2, -0.15) is 0 Å². The lowest BCUT2D eigenvalue weighted by Crippen LogP contribution is -2.60. The van der Waals surface area contributed by atoms with E-state index in [1.165, 1.54) is 21.3 Å². The zero-order chi connectivity index (χ0) is 44.8. The first-order chi connectivity index (χ1) is 29.7. The van der Waals surface area contributed by atoms with Crippen molar-refractivity contribution < 1.29 is 43.8 Å². The summed E-state index contributed by atoms with van der Waals surface area (Å²) in [7, 11) is 7.40. The number of carbonyl (C=O) groups is 1. The van der Waals surface area contributed by atoms with E-state index in [9.17, 15) is 20.1 Å². The first-order valence-corrected chi connectivity index (χ1v) is 21.7.